The summed E-state index contributed by atoms with van der Waals surface area (Å²) in [5.74, 6) is 0.169. The van der Waals surface area contributed by atoms with E-state index in [1.807, 2.05) is 44.2 Å². The van der Waals surface area contributed by atoms with Crippen molar-refractivity contribution < 1.29 is 8.42 Å². The SMILES string of the molecule is CC1(C)CN(S(=O)(=O)CCc2ccccc2)CCC1N. The molecule has 1 aromatic carbocycles. The van der Waals surface area contributed by atoms with Crippen molar-refractivity contribution in [2.45, 2.75) is 32.7 Å². The largest absolute Gasteiger partial charge is 0.327 e. The Kier molecular flexibility index (Phi) is 4.52. The topological polar surface area (TPSA) is 63.4 Å². The summed E-state index contributed by atoms with van der Waals surface area (Å²) in [6.45, 7) is 5.14. The van der Waals surface area contributed by atoms with E-state index in [0.29, 0.717) is 19.5 Å². The lowest BCUT2D eigenvalue weighted by Gasteiger charge is -2.41. The molecule has 0 aliphatic carbocycles. The van der Waals surface area contributed by atoms with E-state index in [4.69, 9.17) is 5.73 Å². The Morgan fingerprint density at radius 2 is 1.95 bits per heavy atom. The van der Waals surface area contributed by atoms with Crippen LogP contribution in [0.25, 0.3) is 0 Å². The summed E-state index contributed by atoms with van der Waals surface area (Å²) in [5.41, 5.74) is 6.97. The maximum atomic E-state index is 12.4. The molecule has 0 saturated carbocycles. The van der Waals surface area contributed by atoms with E-state index in [-0.39, 0.29) is 17.2 Å². The number of nitrogens with zero attached hydrogens (tertiary/aromatic N) is 1. The standard InChI is InChI=1S/C15H24N2O2S/c1-15(2)12-17(10-8-14(15)16)20(18,19)11-9-13-6-4-3-5-7-13/h3-7,14H,8-12,16H2,1-2H3. The van der Waals surface area contributed by atoms with Crippen molar-refractivity contribution in [3.05, 3.63) is 35.9 Å². The number of hydrogen-bond donors (Lipinski definition) is 1. The molecule has 4 nitrogen and oxygen atoms in total. The Labute approximate surface area is 122 Å². The molecule has 1 aliphatic rings. The normalized spacial score (nSPS) is 23.6. The van der Waals surface area contributed by atoms with E-state index < -0.39 is 10.0 Å². The number of nitrogens with two attached hydrogens (primary N) is 1. The second-order valence-corrected chi connectivity index (χ2v) is 8.36. The number of benzene rings is 1. The molecule has 0 radical (unpaired) electrons. The van der Waals surface area contributed by atoms with Crippen molar-refractivity contribution in [3.8, 4) is 0 Å². The molecule has 1 fully saturated rings. The second-order valence-electron chi connectivity index (χ2n) is 6.27. The molecular formula is C15H24N2O2S. The smallest absolute Gasteiger partial charge is 0.214 e. The predicted octanol–water partition coefficient (Wildman–Crippen LogP) is 1.62. The first-order chi connectivity index (χ1) is 9.31. The fraction of sp³-hybridized carbons (Fsp3) is 0.600. The highest BCUT2D eigenvalue weighted by Gasteiger charge is 2.37. The van der Waals surface area contributed by atoms with E-state index in [1.54, 1.807) is 4.31 Å². The Morgan fingerprint density at radius 1 is 1.30 bits per heavy atom. The molecule has 0 amide bonds. The van der Waals surface area contributed by atoms with Gasteiger partial charge in [-0.3, -0.25) is 0 Å². The zero-order valence-electron chi connectivity index (χ0n) is 12.2. The lowest BCUT2D eigenvalue weighted by atomic mass is 9.81. The third-order valence-corrected chi connectivity index (χ3v) is 5.98. The van der Waals surface area contributed by atoms with Crippen molar-refractivity contribution in [3.63, 3.8) is 0 Å². The molecule has 20 heavy (non-hydrogen) atoms. The van der Waals surface area contributed by atoms with Gasteiger partial charge in [0.25, 0.3) is 0 Å². The third kappa shape index (κ3) is 3.59. The van der Waals surface area contributed by atoms with Crippen molar-refractivity contribution in [2.75, 3.05) is 18.8 Å². The average Bonchev–Trinajstić information content (AvgIpc) is 2.41. The molecule has 2 N–H and O–H groups in total. The Hall–Kier alpha value is -0.910. The number of sulfonamides is 1. The number of hydrogen-bond acceptors (Lipinski definition) is 3. The van der Waals surface area contributed by atoms with Crippen LogP contribution in [0, 0.1) is 5.41 Å². The monoisotopic (exact) mass is 296 g/mol. The van der Waals surface area contributed by atoms with Gasteiger partial charge in [-0.1, -0.05) is 44.2 Å². The summed E-state index contributed by atoms with van der Waals surface area (Å²) >= 11 is 0. The molecule has 0 bridgehead atoms. The van der Waals surface area contributed by atoms with E-state index >= 15 is 0 Å². The zero-order chi connectivity index (χ0) is 14.8. The van der Waals surface area contributed by atoms with Crippen molar-refractivity contribution >= 4 is 10.0 Å². The fourth-order valence-electron chi connectivity index (χ4n) is 2.58. The maximum Gasteiger partial charge on any atom is 0.214 e. The molecular weight excluding hydrogens is 272 g/mol. The molecule has 5 heteroatoms. The van der Waals surface area contributed by atoms with Gasteiger partial charge in [0.1, 0.15) is 0 Å². The highest BCUT2D eigenvalue weighted by Crippen LogP contribution is 2.29. The lowest BCUT2D eigenvalue weighted by molar-refractivity contribution is 0.155. The Bertz CT molecular complexity index is 540. The van der Waals surface area contributed by atoms with E-state index in [9.17, 15) is 8.42 Å². The first kappa shape index (κ1) is 15.5. The van der Waals surface area contributed by atoms with Crippen molar-refractivity contribution in [1.29, 1.82) is 0 Å². The zero-order valence-corrected chi connectivity index (χ0v) is 13.1. The van der Waals surface area contributed by atoms with Crippen molar-refractivity contribution in [2.24, 2.45) is 11.1 Å². The van der Waals surface area contributed by atoms with Crippen LogP contribution in [0.2, 0.25) is 0 Å². The van der Waals surface area contributed by atoms with Gasteiger partial charge in [0.15, 0.2) is 0 Å². The minimum absolute atomic E-state index is 0.0723. The molecule has 1 unspecified atom stereocenters. The highest BCUT2D eigenvalue weighted by atomic mass is 32.2. The van der Waals surface area contributed by atoms with Gasteiger partial charge in [0.2, 0.25) is 10.0 Å². The van der Waals surface area contributed by atoms with E-state index in [2.05, 4.69) is 0 Å². The van der Waals surface area contributed by atoms with E-state index in [1.165, 1.54) is 0 Å². The molecule has 0 aromatic heterocycles. The van der Waals surface area contributed by atoms with Crippen LogP contribution in [-0.4, -0.2) is 37.6 Å². The lowest BCUT2D eigenvalue weighted by Crippen LogP contribution is -2.54. The van der Waals surface area contributed by atoms with Crippen LogP contribution in [-0.2, 0) is 16.4 Å². The summed E-state index contributed by atoms with van der Waals surface area (Å²) in [6.07, 6.45) is 1.30. The minimum atomic E-state index is -3.20. The summed E-state index contributed by atoms with van der Waals surface area (Å²) in [5, 5.41) is 0. The summed E-state index contributed by atoms with van der Waals surface area (Å²) in [4.78, 5) is 0. The second kappa shape index (κ2) is 5.84. The van der Waals surface area contributed by atoms with Gasteiger partial charge in [-0.05, 0) is 23.8 Å². The summed E-state index contributed by atoms with van der Waals surface area (Å²) in [7, 11) is -3.20. The molecule has 1 aliphatic heterocycles. The quantitative estimate of drug-likeness (QED) is 0.918. The Morgan fingerprint density at radius 3 is 2.55 bits per heavy atom. The Balaban J connectivity index is 2.00. The molecule has 112 valence electrons. The van der Waals surface area contributed by atoms with Crippen LogP contribution in [0.3, 0.4) is 0 Å². The average molecular weight is 296 g/mol. The number of rotatable bonds is 4. The minimum Gasteiger partial charge on any atom is -0.327 e. The van der Waals surface area contributed by atoms with Crippen LogP contribution < -0.4 is 5.73 Å². The van der Waals surface area contributed by atoms with Crippen LogP contribution in [0.4, 0.5) is 0 Å². The predicted molar refractivity (Wildman–Crippen MR) is 81.9 cm³/mol. The molecule has 1 saturated heterocycles. The maximum absolute atomic E-state index is 12.4. The molecule has 1 atom stereocenters. The van der Waals surface area contributed by atoms with Gasteiger partial charge in [-0.15, -0.1) is 0 Å². The van der Waals surface area contributed by atoms with Crippen LogP contribution >= 0.6 is 0 Å². The van der Waals surface area contributed by atoms with E-state index in [0.717, 1.165) is 12.0 Å². The van der Waals surface area contributed by atoms with Crippen LogP contribution in [0.1, 0.15) is 25.8 Å². The van der Waals surface area contributed by atoms with Crippen LogP contribution in [0.15, 0.2) is 30.3 Å². The van der Waals surface area contributed by atoms with Gasteiger partial charge >= 0.3 is 0 Å². The van der Waals surface area contributed by atoms with Crippen molar-refractivity contribution in [1.82, 2.24) is 4.31 Å². The highest BCUT2D eigenvalue weighted by molar-refractivity contribution is 7.89. The number of aryl methyl sites for hydroxylation is 1. The van der Waals surface area contributed by atoms with Gasteiger partial charge < -0.3 is 5.73 Å². The van der Waals surface area contributed by atoms with Gasteiger partial charge in [-0.2, -0.15) is 0 Å². The molecule has 1 aromatic rings. The third-order valence-electron chi connectivity index (χ3n) is 4.16. The van der Waals surface area contributed by atoms with Crippen LogP contribution in [0.5, 0.6) is 0 Å². The fourth-order valence-corrected chi connectivity index (χ4v) is 4.25. The molecule has 2 rings (SSSR count). The summed E-state index contributed by atoms with van der Waals surface area (Å²) < 4.78 is 26.5. The molecule has 1 heterocycles. The van der Waals surface area contributed by atoms with Gasteiger partial charge in [0.05, 0.1) is 5.75 Å². The summed E-state index contributed by atoms with van der Waals surface area (Å²) in [6, 6.07) is 9.81. The van der Waals surface area contributed by atoms with Gasteiger partial charge in [-0.25, -0.2) is 12.7 Å². The first-order valence-electron chi connectivity index (χ1n) is 7.09. The first-order valence-corrected chi connectivity index (χ1v) is 8.69. The van der Waals surface area contributed by atoms with Gasteiger partial charge in [0, 0.05) is 19.1 Å². The number of piperidine rings is 1. The molecule has 0 spiro atoms.